The smallest absolute Gasteiger partial charge is 0.360 e. The average molecular weight is 271 g/mol. The molecule has 0 aliphatic rings. The van der Waals surface area contributed by atoms with Gasteiger partial charge in [-0.3, -0.25) is 0 Å². The lowest BCUT2D eigenvalue weighted by atomic mass is 10.2. The van der Waals surface area contributed by atoms with Crippen LogP contribution in [0.2, 0.25) is 0 Å². The predicted octanol–water partition coefficient (Wildman–Crippen LogP) is 2.26. The predicted molar refractivity (Wildman–Crippen MR) is 75.0 cm³/mol. The first kappa shape index (κ1) is 14.9. The highest BCUT2D eigenvalue weighted by atomic mass is 32.2. The number of anilines is 1. The Kier molecular flexibility index (Phi) is 5.53. The van der Waals surface area contributed by atoms with Crippen LogP contribution >= 0.6 is 11.8 Å². The van der Waals surface area contributed by atoms with Crippen molar-refractivity contribution in [3.8, 4) is 0 Å². The fourth-order valence-electron chi connectivity index (χ4n) is 1.88. The summed E-state index contributed by atoms with van der Waals surface area (Å²) < 4.78 is 6.84. The summed E-state index contributed by atoms with van der Waals surface area (Å²) in [6.07, 6.45) is 3.06. The number of thioether (sulfide) groups is 1. The zero-order valence-corrected chi connectivity index (χ0v) is 12.2. The molecular formula is C12H21N3O2S. The lowest BCUT2D eigenvalue weighted by Crippen LogP contribution is -2.13. The molecule has 2 N–H and O–H groups in total. The van der Waals surface area contributed by atoms with Crippen LogP contribution in [-0.4, -0.2) is 34.1 Å². The maximum atomic E-state index is 11.7. The van der Waals surface area contributed by atoms with Gasteiger partial charge in [0.05, 0.1) is 6.61 Å². The van der Waals surface area contributed by atoms with Gasteiger partial charge < -0.3 is 15.0 Å². The highest BCUT2D eigenvalue weighted by Gasteiger charge is 2.22. The molecule has 0 bridgehead atoms. The van der Waals surface area contributed by atoms with E-state index in [-0.39, 0.29) is 11.7 Å². The molecule has 1 unspecified atom stereocenters. The van der Waals surface area contributed by atoms with Gasteiger partial charge in [-0.25, -0.2) is 9.78 Å². The van der Waals surface area contributed by atoms with Crippen molar-refractivity contribution in [2.75, 3.05) is 24.3 Å². The van der Waals surface area contributed by atoms with Gasteiger partial charge in [0.1, 0.15) is 11.6 Å². The van der Waals surface area contributed by atoms with Crippen molar-refractivity contribution < 1.29 is 9.53 Å². The Hall–Kier alpha value is -1.17. The number of rotatable bonds is 6. The molecule has 1 heterocycles. The number of aromatic nitrogens is 2. The normalized spacial score (nSPS) is 12.4. The molecule has 1 aromatic rings. The van der Waals surface area contributed by atoms with Crippen molar-refractivity contribution >= 4 is 23.5 Å². The minimum absolute atomic E-state index is 0.227. The molecule has 0 amide bonds. The third-order valence-corrected chi connectivity index (χ3v) is 3.42. The van der Waals surface area contributed by atoms with Gasteiger partial charge in [-0.05, 0) is 39.2 Å². The fourth-order valence-corrected chi connectivity index (χ4v) is 2.46. The van der Waals surface area contributed by atoms with Crippen LogP contribution < -0.4 is 5.73 Å². The zero-order valence-electron chi connectivity index (χ0n) is 11.4. The second-order valence-electron chi connectivity index (χ2n) is 4.11. The van der Waals surface area contributed by atoms with Crippen LogP contribution in [0.3, 0.4) is 0 Å². The number of imidazole rings is 1. The lowest BCUT2D eigenvalue weighted by molar-refractivity contribution is 0.0521. The van der Waals surface area contributed by atoms with E-state index in [0.29, 0.717) is 12.4 Å². The summed E-state index contributed by atoms with van der Waals surface area (Å²) in [6, 6.07) is 0.230. The molecule has 6 heteroatoms. The summed E-state index contributed by atoms with van der Waals surface area (Å²) >= 11 is 1.79. The maximum Gasteiger partial charge on any atom is 0.360 e. The average Bonchev–Trinajstić information content (AvgIpc) is 2.62. The molecule has 5 nitrogen and oxygen atoms in total. The molecule has 0 aliphatic carbocycles. The van der Waals surface area contributed by atoms with E-state index >= 15 is 0 Å². The number of esters is 1. The summed E-state index contributed by atoms with van der Waals surface area (Å²) in [5, 5.41) is 0. The molecule has 0 spiro atoms. The molecule has 1 atom stereocenters. The molecule has 0 aromatic carbocycles. The summed E-state index contributed by atoms with van der Waals surface area (Å²) in [4.78, 5) is 15.9. The number of carbonyl (C=O) groups excluding carboxylic acids is 1. The van der Waals surface area contributed by atoms with Crippen molar-refractivity contribution in [3.63, 3.8) is 0 Å². The maximum absolute atomic E-state index is 11.7. The molecule has 1 rings (SSSR count). The van der Waals surface area contributed by atoms with Gasteiger partial charge in [-0.15, -0.1) is 0 Å². The van der Waals surface area contributed by atoms with E-state index in [1.165, 1.54) is 0 Å². The Bertz CT molecular complexity index is 418. The SMILES string of the molecule is CCOC(=O)c1nc(C)n(C(C)CCSC)c1N. The van der Waals surface area contributed by atoms with Crippen LogP contribution in [0.25, 0.3) is 0 Å². The van der Waals surface area contributed by atoms with Crippen LogP contribution in [0.15, 0.2) is 0 Å². The van der Waals surface area contributed by atoms with Gasteiger partial charge in [0.15, 0.2) is 5.69 Å². The van der Waals surface area contributed by atoms with Crippen LogP contribution in [0.5, 0.6) is 0 Å². The third-order valence-electron chi connectivity index (χ3n) is 2.77. The van der Waals surface area contributed by atoms with Crippen LogP contribution in [0.4, 0.5) is 5.82 Å². The minimum atomic E-state index is -0.450. The second-order valence-corrected chi connectivity index (χ2v) is 5.10. The van der Waals surface area contributed by atoms with Crippen molar-refractivity contribution in [2.45, 2.75) is 33.2 Å². The monoisotopic (exact) mass is 271 g/mol. The molecular weight excluding hydrogens is 250 g/mol. The molecule has 102 valence electrons. The molecule has 0 aliphatic heterocycles. The summed E-state index contributed by atoms with van der Waals surface area (Å²) in [5.74, 6) is 1.75. The molecule has 18 heavy (non-hydrogen) atoms. The fraction of sp³-hybridized carbons (Fsp3) is 0.667. The Morgan fingerprint density at radius 1 is 1.61 bits per heavy atom. The van der Waals surface area contributed by atoms with Gasteiger partial charge in [0.2, 0.25) is 0 Å². The zero-order chi connectivity index (χ0) is 13.7. The minimum Gasteiger partial charge on any atom is -0.461 e. The van der Waals surface area contributed by atoms with E-state index in [4.69, 9.17) is 10.5 Å². The van der Waals surface area contributed by atoms with E-state index in [1.807, 2.05) is 11.5 Å². The molecule has 0 radical (unpaired) electrons. The number of nitrogen functional groups attached to an aromatic ring is 1. The number of nitrogens with two attached hydrogens (primary N) is 1. The van der Waals surface area contributed by atoms with Gasteiger partial charge in [-0.1, -0.05) is 0 Å². The molecule has 1 aromatic heterocycles. The van der Waals surface area contributed by atoms with Crippen LogP contribution in [-0.2, 0) is 4.74 Å². The van der Waals surface area contributed by atoms with Gasteiger partial charge in [-0.2, -0.15) is 11.8 Å². The van der Waals surface area contributed by atoms with Gasteiger partial charge in [0.25, 0.3) is 0 Å². The van der Waals surface area contributed by atoms with Crippen molar-refractivity contribution in [3.05, 3.63) is 11.5 Å². The summed E-state index contributed by atoms with van der Waals surface area (Å²) in [6.45, 7) is 6.02. The quantitative estimate of drug-likeness (QED) is 0.804. The molecule has 0 saturated carbocycles. The van der Waals surface area contributed by atoms with Crippen molar-refractivity contribution in [1.82, 2.24) is 9.55 Å². The lowest BCUT2D eigenvalue weighted by Gasteiger charge is -2.16. The number of aryl methyl sites for hydroxylation is 1. The number of hydrogen-bond acceptors (Lipinski definition) is 5. The highest BCUT2D eigenvalue weighted by molar-refractivity contribution is 7.98. The largest absolute Gasteiger partial charge is 0.461 e. The standard InChI is InChI=1S/C12H21N3O2S/c1-5-17-12(16)10-11(13)15(9(3)14-10)8(2)6-7-18-4/h8H,5-7,13H2,1-4H3. The first-order valence-electron chi connectivity index (χ1n) is 6.03. The first-order chi connectivity index (χ1) is 8.52. The second kappa shape index (κ2) is 6.68. The summed E-state index contributed by atoms with van der Waals surface area (Å²) in [5.41, 5.74) is 6.23. The first-order valence-corrected chi connectivity index (χ1v) is 7.42. The Labute approximate surface area is 112 Å². The van der Waals surface area contributed by atoms with Crippen molar-refractivity contribution in [2.24, 2.45) is 0 Å². The Morgan fingerprint density at radius 3 is 2.83 bits per heavy atom. The molecule has 0 fully saturated rings. The van der Waals surface area contributed by atoms with Crippen molar-refractivity contribution in [1.29, 1.82) is 0 Å². The Morgan fingerprint density at radius 2 is 2.28 bits per heavy atom. The molecule has 0 saturated heterocycles. The third kappa shape index (κ3) is 3.19. The Balaban J connectivity index is 2.96. The number of nitrogens with zero attached hydrogens (tertiary/aromatic N) is 2. The topological polar surface area (TPSA) is 70.1 Å². The van der Waals surface area contributed by atoms with Crippen LogP contribution in [0.1, 0.15) is 42.6 Å². The van der Waals surface area contributed by atoms with Gasteiger partial charge >= 0.3 is 5.97 Å². The van der Waals surface area contributed by atoms with E-state index in [9.17, 15) is 4.79 Å². The van der Waals surface area contributed by atoms with E-state index < -0.39 is 5.97 Å². The van der Waals surface area contributed by atoms with E-state index in [0.717, 1.165) is 18.0 Å². The van der Waals surface area contributed by atoms with E-state index in [1.54, 1.807) is 18.7 Å². The summed E-state index contributed by atoms with van der Waals surface area (Å²) in [7, 11) is 0. The number of hydrogen-bond donors (Lipinski definition) is 1. The number of carbonyl (C=O) groups is 1. The van der Waals surface area contributed by atoms with Gasteiger partial charge in [0, 0.05) is 6.04 Å². The van der Waals surface area contributed by atoms with Crippen LogP contribution in [0, 0.1) is 6.92 Å². The number of ether oxygens (including phenoxy) is 1. The highest BCUT2D eigenvalue weighted by Crippen LogP contribution is 2.23. The van der Waals surface area contributed by atoms with E-state index in [2.05, 4.69) is 18.2 Å².